The van der Waals surface area contributed by atoms with E-state index in [0.717, 1.165) is 11.3 Å². The maximum atomic E-state index is 14.3. The van der Waals surface area contributed by atoms with Gasteiger partial charge in [-0.1, -0.05) is 6.07 Å². The van der Waals surface area contributed by atoms with Crippen LogP contribution in [0.15, 0.2) is 54.9 Å². The van der Waals surface area contributed by atoms with Crippen LogP contribution >= 0.6 is 22.6 Å². The maximum absolute atomic E-state index is 14.3. The van der Waals surface area contributed by atoms with Gasteiger partial charge in [-0.2, -0.15) is 0 Å². The minimum Gasteiger partial charge on any atom is -0.490 e. The largest absolute Gasteiger partial charge is 0.490 e. The van der Waals surface area contributed by atoms with Crippen molar-refractivity contribution in [3.05, 3.63) is 71.8 Å². The van der Waals surface area contributed by atoms with Gasteiger partial charge in [-0.15, -0.1) is 0 Å². The Bertz CT molecular complexity index is 1450. The molecule has 3 aromatic carbocycles. The number of hydrogen-bond donors (Lipinski definition) is 1. The zero-order valence-electron chi connectivity index (χ0n) is 20.8. The van der Waals surface area contributed by atoms with Crippen molar-refractivity contribution in [3.63, 3.8) is 0 Å². The number of halogens is 3. The molecule has 10 heteroatoms. The van der Waals surface area contributed by atoms with Gasteiger partial charge < -0.3 is 19.5 Å². The fourth-order valence-electron chi connectivity index (χ4n) is 3.94. The number of esters is 1. The first-order valence-corrected chi connectivity index (χ1v) is 12.5. The molecule has 0 saturated heterocycles. The third kappa shape index (κ3) is 5.95. The Kier molecular flexibility index (Phi) is 7.86. The molecule has 0 aliphatic rings. The Morgan fingerprint density at radius 1 is 1.19 bits per heavy atom. The number of nitrogens with one attached hydrogen (secondary N) is 1. The van der Waals surface area contributed by atoms with Crippen molar-refractivity contribution in [2.75, 3.05) is 26.1 Å². The zero-order valence-corrected chi connectivity index (χ0v) is 22.9. The van der Waals surface area contributed by atoms with Gasteiger partial charge in [0.1, 0.15) is 17.6 Å². The summed E-state index contributed by atoms with van der Waals surface area (Å²) in [5.41, 5.74) is 3.94. The molecule has 1 heterocycles. The number of carbonyl (C=O) groups excluding carboxylic acids is 1. The van der Waals surface area contributed by atoms with E-state index in [4.69, 9.17) is 14.2 Å². The van der Waals surface area contributed by atoms with Gasteiger partial charge in [0.2, 0.25) is 0 Å². The van der Waals surface area contributed by atoms with Crippen molar-refractivity contribution in [3.8, 4) is 22.9 Å². The number of aryl methyl sites for hydroxylation is 1. The highest BCUT2D eigenvalue weighted by Crippen LogP contribution is 2.37. The highest BCUT2D eigenvalue weighted by atomic mass is 127. The molecule has 0 aliphatic heterocycles. The van der Waals surface area contributed by atoms with Crippen molar-refractivity contribution < 1.29 is 27.8 Å². The van der Waals surface area contributed by atoms with Gasteiger partial charge in [0.25, 0.3) is 0 Å². The Hall–Kier alpha value is -3.41. The lowest BCUT2D eigenvalue weighted by molar-refractivity contribution is 0.0600. The van der Waals surface area contributed by atoms with E-state index in [9.17, 15) is 13.6 Å². The lowest BCUT2D eigenvalue weighted by Crippen LogP contribution is -2.14. The van der Waals surface area contributed by atoms with Gasteiger partial charge in [-0.25, -0.2) is 18.6 Å². The summed E-state index contributed by atoms with van der Waals surface area (Å²) in [6.07, 6.45) is 1.93. The van der Waals surface area contributed by atoms with Crippen molar-refractivity contribution in [2.24, 2.45) is 0 Å². The number of para-hydroxylation sites is 1. The molecule has 7 nitrogen and oxygen atoms in total. The first-order chi connectivity index (χ1) is 17.6. The normalized spacial score (nSPS) is 12.7. The molecule has 1 atom stereocenters. The number of nitrogens with zero attached hydrogens (tertiary/aromatic N) is 2. The van der Waals surface area contributed by atoms with Crippen LogP contribution in [0.3, 0.4) is 0 Å². The molecule has 37 heavy (non-hydrogen) atoms. The predicted octanol–water partition coefficient (Wildman–Crippen LogP) is 6.98. The van der Waals surface area contributed by atoms with E-state index in [1.807, 2.05) is 17.6 Å². The molecule has 4 aromatic rings. The number of alkyl halides is 2. The van der Waals surface area contributed by atoms with Crippen LogP contribution in [0, 0.1) is 12.7 Å². The zero-order chi connectivity index (χ0) is 26.7. The first kappa shape index (κ1) is 26.6. The SMILES string of the molecule is COC(=O)c1ccc(-n2cnc3c(NCCC(C)(F)I)cc(Oc4cccc(F)c4OC)cc32)cc1C. The minimum absolute atomic E-state index is 0.0160. The Morgan fingerprint density at radius 2 is 1.97 bits per heavy atom. The summed E-state index contributed by atoms with van der Waals surface area (Å²) in [5, 5.41) is 3.25. The average Bonchev–Trinajstić information content (AvgIpc) is 3.27. The van der Waals surface area contributed by atoms with Crippen LogP contribution in [0.2, 0.25) is 0 Å². The van der Waals surface area contributed by atoms with Crippen molar-refractivity contribution in [1.82, 2.24) is 9.55 Å². The lowest BCUT2D eigenvalue weighted by Gasteiger charge is -2.16. The topological polar surface area (TPSA) is 74.6 Å². The van der Waals surface area contributed by atoms with Gasteiger partial charge in [-0.3, -0.25) is 4.57 Å². The van der Waals surface area contributed by atoms with Crippen LogP contribution in [0.5, 0.6) is 17.2 Å². The van der Waals surface area contributed by atoms with Gasteiger partial charge in [0, 0.05) is 30.8 Å². The van der Waals surface area contributed by atoms with E-state index in [0.29, 0.717) is 34.6 Å². The third-order valence-corrected chi connectivity index (χ3v) is 6.30. The highest BCUT2D eigenvalue weighted by Gasteiger charge is 2.19. The molecule has 0 fully saturated rings. The van der Waals surface area contributed by atoms with Crippen LogP contribution in [-0.2, 0) is 4.74 Å². The summed E-state index contributed by atoms with van der Waals surface area (Å²) >= 11 is 1.76. The number of fused-ring (bicyclic) bond motifs is 1. The summed E-state index contributed by atoms with van der Waals surface area (Å²) in [7, 11) is 2.71. The number of hydrogen-bond acceptors (Lipinski definition) is 6. The molecule has 0 radical (unpaired) electrons. The second kappa shape index (κ2) is 10.9. The van der Waals surface area contributed by atoms with Crippen LogP contribution in [0.4, 0.5) is 14.5 Å². The third-order valence-electron chi connectivity index (χ3n) is 5.76. The molecule has 0 amide bonds. The van der Waals surface area contributed by atoms with Crippen LogP contribution < -0.4 is 14.8 Å². The molecular weight excluding hydrogens is 595 g/mol. The van der Waals surface area contributed by atoms with Gasteiger partial charge >= 0.3 is 5.97 Å². The van der Waals surface area contributed by atoms with Gasteiger partial charge in [0.15, 0.2) is 21.0 Å². The fraction of sp³-hybridized carbons (Fsp3) is 0.259. The molecule has 194 valence electrons. The van der Waals surface area contributed by atoms with E-state index in [1.54, 1.807) is 59.3 Å². The number of anilines is 1. The molecule has 1 N–H and O–H groups in total. The van der Waals surface area contributed by atoms with Gasteiger partial charge in [-0.05, 0) is 72.3 Å². The van der Waals surface area contributed by atoms with Gasteiger partial charge in [0.05, 0.1) is 31.0 Å². The van der Waals surface area contributed by atoms with E-state index >= 15 is 0 Å². The standard InChI is InChI=1S/C27H26F2IN3O4/c1-16-12-17(8-9-19(16)26(34)36-4)33-15-32-24-21(31-11-10-27(2,29)30)13-18(14-22(24)33)37-23-7-5-6-20(28)25(23)35-3/h5-9,12-15,31H,10-11H2,1-4H3. The smallest absolute Gasteiger partial charge is 0.338 e. The Balaban J connectivity index is 1.80. The molecular formula is C27H26F2IN3O4. The summed E-state index contributed by atoms with van der Waals surface area (Å²) < 4.78 is 44.9. The molecule has 4 rings (SSSR count). The first-order valence-electron chi connectivity index (χ1n) is 11.4. The number of ether oxygens (including phenoxy) is 3. The number of rotatable bonds is 9. The van der Waals surface area contributed by atoms with Crippen molar-refractivity contribution >= 4 is 45.3 Å². The second-order valence-electron chi connectivity index (χ2n) is 8.56. The lowest BCUT2D eigenvalue weighted by atomic mass is 10.1. The quantitative estimate of drug-likeness (QED) is 0.124. The monoisotopic (exact) mass is 621 g/mol. The maximum Gasteiger partial charge on any atom is 0.338 e. The second-order valence-corrected chi connectivity index (χ2v) is 10.8. The Morgan fingerprint density at radius 3 is 2.65 bits per heavy atom. The molecule has 0 aliphatic carbocycles. The van der Waals surface area contributed by atoms with E-state index < -0.39 is 15.5 Å². The summed E-state index contributed by atoms with van der Waals surface area (Å²) in [6, 6.07) is 13.3. The molecule has 0 spiro atoms. The van der Waals surface area contributed by atoms with Crippen molar-refractivity contribution in [2.45, 2.75) is 23.9 Å². The molecule has 1 unspecified atom stereocenters. The van der Waals surface area contributed by atoms with Crippen molar-refractivity contribution in [1.29, 1.82) is 0 Å². The summed E-state index contributed by atoms with van der Waals surface area (Å²) in [4.78, 5) is 16.6. The van der Waals surface area contributed by atoms with Crippen LogP contribution in [0.25, 0.3) is 16.7 Å². The molecule has 1 aromatic heterocycles. The number of methoxy groups -OCH3 is 2. The molecule has 0 bridgehead atoms. The molecule has 0 saturated carbocycles. The average molecular weight is 621 g/mol. The summed E-state index contributed by atoms with van der Waals surface area (Å²) in [6.45, 7) is 3.69. The van der Waals surface area contributed by atoms with Crippen LogP contribution in [0.1, 0.15) is 29.3 Å². The van der Waals surface area contributed by atoms with E-state index in [-0.39, 0.29) is 17.9 Å². The minimum atomic E-state index is -1.37. The highest BCUT2D eigenvalue weighted by molar-refractivity contribution is 14.1. The van der Waals surface area contributed by atoms with Crippen LogP contribution in [-0.4, -0.2) is 40.0 Å². The van der Waals surface area contributed by atoms with E-state index in [1.165, 1.54) is 33.3 Å². The number of aromatic nitrogens is 2. The number of benzene rings is 3. The fourth-order valence-corrected chi connectivity index (χ4v) is 4.21. The summed E-state index contributed by atoms with van der Waals surface area (Å²) in [5.74, 6) is -0.365. The Labute approximate surface area is 226 Å². The van der Waals surface area contributed by atoms with E-state index in [2.05, 4.69) is 10.3 Å². The predicted molar refractivity (Wildman–Crippen MR) is 147 cm³/mol. The number of carbonyl (C=O) groups is 1. The number of imidazole rings is 1.